The Bertz CT molecular complexity index is 154. The highest BCUT2D eigenvalue weighted by Gasteiger charge is 2.47. The van der Waals surface area contributed by atoms with Crippen LogP contribution in [-0.4, -0.2) is 14.7 Å². The van der Waals surface area contributed by atoms with Crippen LogP contribution >= 0.6 is 24.0 Å². The highest BCUT2D eigenvalue weighted by Crippen LogP contribution is 2.45. The molecule has 0 N–H and O–H groups in total. The summed E-state index contributed by atoms with van der Waals surface area (Å²) in [5, 5.41) is 0. The minimum Gasteiger partial charge on any atom is -0.471 e. The SMILES string of the molecule is CC1(C)OC(=S)SC1(C)C. The topological polar surface area (TPSA) is 9.23 Å². The molecule has 1 aliphatic rings. The third-order valence-corrected chi connectivity index (χ3v) is 3.71. The van der Waals surface area contributed by atoms with E-state index in [1.165, 1.54) is 0 Å². The molecule has 0 aliphatic carbocycles. The van der Waals surface area contributed by atoms with Crippen LogP contribution in [0.3, 0.4) is 0 Å². The maximum Gasteiger partial charge on any atom is 0.221 e. The van der Waals surface area contributed by atoms with Crippen LogP contribution in [0, 0.1) is 0 Å². The highest BCUT2D eigenvalue weighted by molar-refractivity contribution is 8.23. The highest BCUT2D eigenvalue weighted by atomic mass is 32.2. The van der Waals surface area contributed by atoms with Crippen molar-refractivity contribution in [2.75, 3.05) is 0 Å². The summed E-state index contributed by atoms with van der Waals surface area (Å²) in [5.41, 5.74) is -0.116. The smallest absolute Gasteiger partial charge is 0.221 e. The lowest BCUT2D eigenvalue weighted by Crippen LogP contribution is -2.38. The number of thiocarbonyl (C=S) groups is 1. The molecule has 0 aromatic heterocycles. The van der Waals surface area contributed by atoms with Gasteiger partial charge in [0.05, 0.1) is 4.75 Å². The molecule has 0 bridgehead atoms. The summed E-state index contributed by atoms with van der Waals surface area (Å²) in [5.74, 6) is 0. The molecule has 3 heteroatoms. The third kappa shape index (κ3) is 1.17. The van der Waals surface area contributed by atoms with Crippen LogP contribution in [0.15, 0.2) is 0 Å². The second-order valence-corrected chi connectivity index (χ2v) is 5.70. The number of hydrogen-bond acceptors (Lipinski definition) is 3. The Hall–Kier alpha value is 0.240. The average molecular weight is 176 g/mol. The maximum atomic E-state index is 5.46. The van der Waals surface area contributed by atoms with Gasteiger partial charge >= 0.3 is 0 Å². The monoisotopic (exact) mass is 176 g/mol. The minimum absolute atomic E-state index is 0.115. The lowest BCUT2D eigenvalue weighted by molar-refractivity contribution is 0.0853. The van der Waals surface area contributed by atoms with Gasteiger partial charge in [-0.2, -0.15) is 0 Å². The fourth-order valence-electron chi connectivity index (χ4n) is 0.683. The summed E-state index contributed by atoms with van der Waals surface area (Å²) in [6.07, 6.45) is 0. The number of rotatable bonds is 0. The van der Waals surface area contributed by atoms with E-state index >= 15 is 0 Å². The van der Waals surface area contributed by atoms with Gasteiger partial charge in [0.2, 0.25) is 4.38 Å². The van der Waals surface area contributed by atoms with Crippen molar-refractivity contribution in [2.45, 2.75) is 38.0 Å². The molecule has 0 unspecified atom stereocenters. The summed E-state index contributed by atoms with van der Waals surface area (Å²) in [4.78, 5) is 0. The second-order valence-electron chi connectivity index (χ2n) is 3.47. The Balaban J connectivity index is 2.88. The van der Waals surface area contributed by atoms with Crippen molar-refractivity contribution in [3.63, 3.8) is 0 Å². The van der Waals surface area contributed by atoms with Gasteiger partial charge in [0.25, 0.3) is 0 Å². The molecule has 1 aliphatic heterocycles. The van der Waals surface area contributed by atoms with Gasteiger partial charge in [-0.15, -0.1) is 0 Å². The van der Waals surface area contributed by atoms with E-state index in [2.05, 4.69) is 27.7 Å². The van der Waals surface area contributed by atoms with Crippen LogP contribution < -0.4 is 0 Å². The van der Waals surface area contributed by atoms with E-state index in [9.17, 15) is 0 Å². The van der Waals surface area contributed by atoms with Gasteiger partial charge < -0.3 is 4.74 Å². The van der Waals surface area contributed by atoms with E-state index < -0.39 is 0 Å². The van der Waals surface area contributed by atoms with Crippen molar-refractivity contribution in [3.05, 3.63) is 0 Å². The Morgan fingerprint density at radius 2 is 1.80 bits per heavy atom. The largest absolute Gasteiger partial charge is 0.471 e. The zero-order valence-electron chi connectivity index (χ0n) is 6.72. The molecular weight excluding hydrogens is 164 g/mol. The normalized spacial score (nSPS) is 28.2. The molecule has 0 spiro atoms. The van der Waals surface area contributed by atoms with Gasteiger partial charge in [0.1, 0.15) is 5.60 Å². The molecule has 58 valence electrons. The molecule has 0 aromatic carbocycles. The number of ether oxygens (including phenoxy) is 1. The first kappa shape index (κ1) is 8.34. The maximum absolute atomic E-state index is 5.46. The molecule has 0 aromatic rings. The van der Waals surface area contributed by atoms with Crippen LogP contribution in [0.4, 0.5) is 0 Å². The Labute approximate surface area is 71.5 Å². The number of hydrogen-bond donors (Lipinski definition) is 0. The Morgan fingerprint density at radius 1 is 1.30 bits per heavy atom. The van der Waals surface area contributed by atoms with Crippen LogP contribution in [-0.2, 0) is 4.74 Å². The third-order valence-electron chi connectivity index (χ3n) is 2.13. The summed E-state index contributed by atoms with van der Waals surface area (Å²) in [6, 6.07) is 0. The van der Waals surface area contributed by atoms with Gasteiger partial charge in [-0.1, -0.05) is 11.8 Å². The molecule has 1 saturated heterocycles. The van der Waals surface area contributed by atoms with Gasteiger partial charge in [-0.05, 0) is 39.9 Å². The first-order chi connectivity index (χ1) is 4.35. The van der Waals surface area contributed by atoms with E-state index in [4.69, 9.17) is 17.0 Å². The van der Waals surface area contributed by atoms with Crippen LogP contribution in [0.25, 0.3) is 0 Å². The first-order valence-corrected chi connectivity index (χ1v) is 4.50. The molecule has 1 heterocycles. The van der Waals surface area contributed by atoms with Gasteiger partial charge in [0.15, 0.2) is 0 Å². The summed E-state index contributed by atoms with van der Waals surface area (Å²) in [6.45, 7) is 8.44. The van der Waals surface area contributed by atoms with Crippen LogP contribution in [0.2, 0.25) is 0 Å². The Kier molecular flexibility index (Phi) is 1.76. The molecule has 0 atom stereocenters. The molecular formula is C7H12OS2. The lowest BCUT2D eigenvalue weighted by Gasteiger charge is -2.30. The zero-order valence-corrected chi connectivity index (χ0v) is 8.36. The summed E-state index contributed by atoms with van der Waals surface area (Å²) in [7, 11) is 0. The van der Waals surface area contributed by atoms with Gasteiger partial charge in [-0.25, -0.2) is 0 Å². The average Bonchev–Trinajstić information content (AvgIpc) is 1.73. The van der Waals surface area contributed by atoms with Crippen LogP contribution in [0.1, 0.15) is 27.7 Å². The number of thioether (sulfide) groups is 1. The fourth-order valence-corrected chi connectivity index (χ4v) is 2.47. The van der Waals surface area contributed by atoms with Crippen molar-refractivity contribution in [1.29, 1.82) is 0 Å². The van der Waals surface area contributed by atoms with Gasteiger partial charge in [-0.3, -0.25) is 0 Å². The quantitative estimate of drug-likeness (QED) is 0.525. The second kappa shape index (κ2) is 2.11. The zero-order chi connectivity index (χ0) is 7.99. The molecule has 1 fully saturated rings. The van der Waals surface area contributed by atoms with Crippen LogP contribution in [0.5, 0.6) is 0 Å². The van der Waals surface area contributed by atoms with E-state index in [1.807, 2.05) is 0 Å². The van der Waals surface area contributed by atoms with E-state index in [0.717, 1.165) is 0 Å². The molecule has 1 nitrogen and oxygen atoms in total. The Morgan fingerprint density at radius 3 is 1.90 bits per heavy atom. The molecule has 1 rings (SSSR count). The van der Waals surface area contributed by atoms with E-state index in [0.29, 0.717) is 4.38 Å². The minimum atomic E-state index is -0.116. The van der Waals surface area contributed by atoms with E-state index in [1.54, 1.807) is 11.8 Å². The van der Waals surface area contributed by atoms with Crippen molar-refractivity contribution >= 4 is 28.4 Å². The van der Waals surface area contributed by atoms with Crippen molar-refractivity contribution in [1.82, 2.24) is 0 Å². The van der Waals surface area contributed by atoms with Crippen molar-refractivity contribution < 1.29 is 4.74 Å². The predicted octanol–water partition coefficient (Wildman–Crippen LogP) is 2.59. The van der Waals surface area contributed by atoms with Gasteiger partial charge in [0, 0.05) is 0 Å². The lowest BCUT2D eigenvalue weighted by atomic mass is 9.94. The van der Waals surface area contributed by atoms with Crippen molar-refractivity contribution in [3.8, 4) is 0 Å². The van der Waals surface area contributed by atoms with E-state index in [-0.39, 0.29) is 10.3 Å². The van der Waals surface area contributed by atoms with Crippen molar-refractivity contribution in [2.24, 2.45) is 0 Å². The summed E-state index contributed by atoms with van der Waals surface area (Å²) >= 11 is 6.60. The molecule has 10 heavy (non-hydrogen) atoms. The summed E-state index contributed by atoms with van der Waals surface area (Å²) < 4.78 is 6.25. The molecule has 0 radical (unpaired) electrons. The standard InChI is InChI=1S/C7H12OS2/c1-6(2)7(3,4)10-5(9)8-6/h1-4H3. The first-order valence-electron chi connectivity index (χ1n) is 3.27. The molecule has 0 saturated carbocycles. The predicted molar refractivity (Wildman–Crippen MR) is 49.4 cm³/mol. The fraction of sp³-hybridized carbons (Fsp3) is 0.857. The molecule has 0 amide bonds.